The lowest BCUT2D eigenvalue weighted by Crippen LogP contribution is -2.32. The zero-order valence-electron chi connectivity index (χ0n) is 9.06. The van der Waals surface area contributed by atoms with Crippen LogP contribution in [0.4, 0.5) is 0 Å². The van der Waals surface area contributed by atoms with Crippen molar-refractivity contribution >= 4 is 0 Å². The van der Waals surface area contributed by atoms with Crippen LogP contribution >= 0.6 is 0 Å². The summed E-state index contributed by atoms with van der Waals surface area (Å²) in [6, 6.07) is 0. The summed E-state index contributed by atoms with van der Waals surface area (Å²) in [4.78, 5) is 0. The van der Waals surface area contributed by atoms with E-state index in [0.29, 0.717) is 19.6 Å². The summed E-state index contributed by atoms with van der Waals surface area (Å²) in [7, 11) is 1.80. The monoisotopic (exact) mass is 223 g/mol. The van der Waals surface area contributed by atoms with Gasteiger partial charge in [-0.05, 0) is 7.05 Å². The first-order chi connectivity index (χ1) is 7.28. The normalized spacial score (nSPS) is 13.4. The van der Waals surface area contributed by atoms with Crippen LogP contribution in [0.25, 0.3) is 0 Å². The third-order valence-corrected chi connectivity index (χ3v) is 1.77. The molecule has 0 spiro atoms. The number of rotatable bonds is 10. The van der Waals surface area contributed by atoms with Gasteiger partial charge in [-0.3, -0.25) is 0 Å². The molecule has 1 unspecified atom stereocenters. The third kappa shape index (κ3) is 7.66. The maximum absolute atomic E-state index is 8.80. The van der Waals surface area contributed by atoms with Crippen molar-refractivity contribution < 1.29 is 24.8 Å². The van der Waals surface area contributed by atoms with Gasteiger partial charge in [0.25, 0.3) is 0 Å². The van der Waals surface area contributed by atoms with E-state index in [1.165, 1.54) is 0 Å². The van der Waals surface area contributed by atoms with Crippen molar-refractivity contribution in [3.63, 3.8) is 0 Å². The molecule has 0 saturated carbocycles. The summed E-state index contributed by atoms with van der Waals surface area (Å²) in [6.07, 6.45) is -0.927. The topological polar surface area (TPSA) is 91.2 Å². The molecular weight excluding hydrogens is 202 g/mol. The number of likely N-dealkylation sites (N-methyl/N-ethyl adjacent to an activating group) is 1. The molecule has 6 heteroatoms. The molecular formula is C9H21NO5. The zero-order valence-corrected chi connectivity index (χ0v) is 9.06. The van der Waals surface area contributed by atoms with Crippen LogP contribution in [-0.2, 0) is 9.47 Å². The molecule has 92 valence electrons. The molecule has 0 heterocycles. The lowest BCUT2D eigenvalue weighted by Gasteiger charge is -2.22. The van der Waals surface area contributed by atoms with Crippen molar-refractivity contribution in [2.24, 2.45) is 0 Å². The molecule has 0 aromatic heterocycles. The van der Waals surface area contributed by atoms with Crippen molar-refractivity contribution in [3.8, 4) is 0 Å². The standard InChI is InChI=1S/C9H21NO5/c1-10-3-5-14-9(2-4-11)15-8(6-12)7-13/h8-13H,2-7H2,1H3. The smallest absolute Gasteiger partial charge is 0.160 e. The van der Waals surface area contributed by atoms with Crippen LogP contribution in [0.1, 0.15) is 6.42 Å². The SMILES string of the molecule is CNCCOC(CCO)OC(CO)CO. The van der Waals surface area contributed by atoms with E-state index in [1.54, 1.807) is 7.05 Å². The van der Waals surface area contributed by atoms with Crippen molar-refractivity contribution in [3.05, 3.63) is 0 Å². The van der Waals surface area contributed by atoms with Crippen LogP contribution in [0.3, 0.4) is 0 Å². The lowest BCUT2D eigenvalue weighted by molar-refractivity contribution is -0.191. The zero-order chi connectivity index (χ0) is 11.5. The van der Waals surface area contributed by atoms with Gasteiger partial charge in [0, 0.05) is 19.6 Å². The highest BCUT2D eigenvalue weighted by atomic mass is 16.7. The van der Waals surface area contributed by atoms with E-state index >= 15 is 0 Å². The fraction of sp³-hybridized carbons (Fsp3) is 1.00. The van der Waals surface area contributed by atoms with Gasteiger partial charge in [0.05, 0.1) is 19.8 Å². The quantitative estimate of drug-likeness (QED) is 0.261. The van der Waals surface area contributed by atoms with Gasteiger partial charge in [0.2, 0.25) is 0 Å². The molecule has 0 amide bonds. The van der Waals surface area contributed by atoms with Gasteiger partial charge in [-0.2, -0.15) is 0 Å². The first-order valence-electron chi connectivity index (χ1n) is 5.02. The van der Waals surface area contributed by atoms with E-state index in [9.17, 15) is 0 Å². The average Bonchev–Trinajstić information content (AvgIpc) is 2.26. The minimum atomic E-state index is -0.656. The second-order valence-corrected chi connectivity index (χ2v) is 3.04. The van der Waals surface area contributed by atoms with Crippen LogP contribution in [0.5, 0.6) is 0 Å². The Morgan fingerprint density at radius 2 is 1.87 bits per heavy atom. The minimum absolute atomic E-state index is 0.0617. The molecule has 0 radical (unpaired) electrons. The molecule has 0 aliphatic rings. The number of hydrogen-bond acceptors (Lipinski definition) is 6. The summed E-state index contributed by atoms with van der Waals surface area (Å²) >= 11 is 0. The number of nitrogens with one attached hydrogen (secondary N) is 1. The van der Waals surface area contributed by atoms with Gasteiger partial charge in [-0.15, -0.1) is 0 Å². The Hall–Kier alpha value is -0.240. The first-order valence-corrected chi connectivity index (χ1v) is 5.02. The van der Waals surface area contributed by atoms with Crippen molar-refractivity contribution in [2.45, 2.75) is 18.8 Å². The van der Waals surface area contributed by atoms with E-state index in [4.69, 9.17) is 24.8 Å². The number of aliphatic hydroxyl groups is 3. The summed E-state index contributed by atoms with van der Waals surface area (Å²) in [5.74, 6) is 0. The van der Waals surface area contributed by atoms with E-state index in [0.717, 1.165) is 0 Å². The fourth-order valence-electron chi connectivity index (χ4n) is 0.947. The Labute approximate surface area is 89.8 Å². The highest BCUT2D eigenvalue weighted by molar-refractivity contribution is 4.55. The van der Waals surface area contributed by atoms with Crippen LogP contribution in [0.15, 0.2) is 0 Å². The minimum Gasteiger partial charge on any atom is -0.396 e. The molecule has 0 fully saturated rings. The summed E-state index contributed by atoms with van der Waals surface area (Å²) in [5, 5.41) is 29.3. The highest BCUT2D eigenvalue weighted by Gasteiger charge is 2.15. The Bertz CT molecular complexity index is 132. The summed E-state index contributed by atoms with van der Waals surface area (Å²) in [5.41, 5.74) is 0. The molecule has 6 nitrogen and oxygen atoms in total. The predicted octanol–water partition coefficient (Wildman–Crippen LogP) is -1.70. The van der Waals surface area contributed by atoms with Crippen LogP contribution < -0.4 is 5.32 Å². The van der Waals surface area contributed by atoms with Crippen LogP contribution in [-0.4, -0.2) is 67.7 Å². The van der Waals surface area contributed by atoms with Gasteiger partial charge in [-0.25, -0.2) is 0 Å². The molecule has 4 N–H and O–H groups in total. The van der Waals surface area contributed by atoms with Gasteiger partial charge in [-0.1, -0.05) is 0 Å². The highest BCUT2D eigenvalue weighted by Crippen LogP contribution is 2.04. The van der Waals surface area contributed by atoms with Gasteiger partial charge in [0.15, 0.2) is 6.29 Å². The first kappa shape index (κ1) is 14.8. The molecule has 0 aromatic rings. The Morgan fingerprint density at radius 3 is 2.33 bits per heavy atom. The van der Waals surface area contributed by atoms with E-state index < -0.39 is 12.4 Å². The molecule has 0 aliphatic heterocycles. The summed E-state index contributed by atoms with van der Waals surface area (Å²) in [6.45, 7) is 0.522. The third-order valence-electron chi connectivity index (χ3n) is 1.77. The number of ether oxygens (including phenoxy) is 2. The van der Waals surface area contributed by atoms with Crippen LogP contribution in [0.2, 0.25) is 0 Å². The Balaban J connectivity index is 3.79. The molecule has 0 aromatic carbocycles. The van der Waals surface area contributed by atoms with Crippen molar-refractivity contribution in [1.29, 1.82) is 0 Å². The molecule has 0 saturated heterocycles. The van der Waals surface area contributed by atoms with Crippen molar-refractivity contribution in [2.75, 3.05) is 40.0 Å². The second kappa shape index (κ2) is 10.3. The second-order valence-electron chi connectivity index (χ2n) is 3.04. The fourth-order valence-corrected chi connectivity index (χ4v) is 0.947. The Kier molecular flexibility index (Phi) is 10.1. The molecule has 15 heavy (non-hydrogen) atoms. The van der Waals surface area contributed by atoms with E-state index in [2.05, 4.69) is 5.32 Å². The average molecular weight is 223 g/mol. The van der Waals surface area contributed by atoms with E-state index in [-0.39, 0.29) is 19.8 Å². The van der Waals surface area contributed by atoms with E-state index in [1.807, 2.05) is 0 Å². The van der Waals surface area contributed by atoms with Crippen LogP contribution in [0, 0.1) is 0 Å². The molecule has 1 atom stereocenters. The lowest BCUT2D eigenvalue weighted by atomic mass is 10.4. The maximum Gasteiger partial charge on any atom is 0.160 e. The number of aliphatic hydroxyl groups excluding tert-OH is 3. The number of hydrogen-bond donors (Lipinski definition) is 4. The molecule has 0 aliphatic carbocycles. The van der Waals surface area contributed by atoms with Gasteiger partial charge in [0.1, 0.15) is 6.10 Å². The predicted molar refractivity (Wildman–Crippen MR) is 54.4 cm³/mol. The van der Waals surface area contributed by atoms with Gasteiger partial charge >= 0.3 is 0 Å². The maximum atomic E-state index is 8.80. The molecule has 0 rings (SSSR count). The van der Waals surface area contributed by atoms with Gasteiger partial charge < -0.3 is 30.1 Å². The summed E-state index contributed by atoms with van der Waals surface area (Å²) < 4.78 is 10.5. The largest absolute Gasteiger partial charge is 0.396 e. The molecule has 0 bridgehead atoms. The Morgan fingerprint density at radius 1 is 1.20 bits per heavy atom. The van der Waals surface area contributed by atoms with Crippen molar-refractivity contribution in [1.82, 2.24) is 5.32 Å².